The number of nitrogens with one attached hydrogen (secondary N) is 1. The molecule has 0 bridgehead atoms. The fourth-order valence-corrected chi connectivity index (χ4v) is 2.82. The Labute approximate surface area is 142 Å². The number of anilines is 1. The quantitative estimate of drug-likeness (QED) is 0.889. The van der Waals surface area contributed by atoms with Gasteiger partial charge in [0.05, 0.1) is 6.20 Å². The monoisotopic (exact) mass is 349 g/mol. The van der Waals surface area contributed by atoms with Crippen molar-refractivity contribution in [2.24, 2.45) is 7.05 Å². The topological polar surface area (TPSA) is 80.1 Å². The van der Waals surface area contributed by atoms with Crippen molar-refractivity contribution in [3.8, 4) is 0 Å². The van der Waals surface area contributed by atoms with Gasteiger partial charge in [-0.1, -0.05) is 0 Å². The predicted octanol–water partition coefficient (Wildman–Crippen LogP) is 0.852. The minimum absolute atomic E-state index is 0.222. The molecule has 0 aromatic carbocycles. The lowest BCUT2D eigenvalue weighted by Crippen LogP contribution is -2.49. The first-order valence-corrected chi connectivity index (χ1v) is 7.84. The molecule has 1 amide bonds. The Hall–Kier alpha value is -2.84. The van der Waals surface area contributed by atoms with Gasteiger partial charge in [-0.25, -0.2) is 18.7 Å². The molecule has 1 aliphatic heterocycles. The van der Waals surface area contributed by atoms with Crippen LogP contribution < -0.4 is 15.8 Å². The molecule has 9 heteroatoms. The molecule has 1 unspecified atom stereocenters. The number of hydrogen-bond acceptors (Lipinski definition) is 5. The van der Waals surface area contributed by atoms with E-state index in [1.54, 1.807) is 18.1 Å². The van der Waals surface area contributed by atoms with Gasteiger partial charge < -0.3 is 14.8 Å². The fourth-order valence-electron chi connectivity index (χ4n) is 2.82. The average Bonchev–Trinajstić information content (AvgIpc) is 2.57. The second-order valence-electron chi connectivity index (χ2n) is 5.91. The minimum Gasteiger partial charge on any atom is -0.350 e. The number of aromatic nitrogens is 3. The Balaban J connectivity index is 1.72. The van der Waals surface area contributed by atoms with Crippen LogP contribution >= 0.6 is 0 Å². The highest BCUT2D eigenvalue weighted by molar-refractivity contribution is 5.92. The van der Waals surface area contributed by atoms with E-state index in [4.69, 9.17) is 0 Å². The van der Waals surface area contributed by atoms with Gasteiger partial charge >= 0.3 is 0 Å². The Morgan fingerprint density at radius 3 is 2.92 bits per heavy atom. The highest BCUT2D eigenvalue weighted by Gasteiger charge is 2.25. The molecule has 1 atom stereocenters. The number of rotatable bonds is 3. The van der Waals surface area contributed by atoms with Gasteiger partial charge in [-0.15, -0.1) is 0 Å². The molecule has 0 radical (unpaired) electrons. The van der Waals surface area contributed by atoms with Crippen LogP contribution in [-0.4, -0.2) is 39.6 Å². The Morgan fingerprint density at radius 1 is 1.36 bits per heavy atom. The highest BCUT2D eigenvalue weighted by Crippen LogP contribution is 2.15. The number of carbonyl (C=O) groups is 1. The number of halogens is 2. The Kier molecular flexibility index (Phi) is 4.73. The molecule has 1 saturated heterocycles. The summed E-state index contributed by atoms with van der Waals surface area (Å²) in [5, 5.41) is 2.69. The van der Waals surface area contributed by atoms with Crippen molar-refractivity contribution in [1.82, 2.24) is 19.9 Å². The van der Waals surface area contributed by atoms with Gasteiger partial charge in [0.2, 0.25) is 0 Å². The van der Waals surface area contributed by atoms with Crippen LogP contribution in [-0.2, 0) is 7.05 Å². The Bertz CT molecular complexity index is 855. The van der Waals surface area contributed by atoms with E-state index in [0.717, 1.165) is 12.6 Å². The summed E-state index contributed by atoms with van der Waals surface area (Å²) < 4.78 is 28.0. The van der Waals surface area contributed by atoms with Crippen LogP contribution in [0, 0.1) is 11.6 Å². The average molecular weight is 349 g/mol. The van der Waals surface area contributed by atoms with Crippen molar-refractivity contribution >= 4 is 11.7 Å². The summed E-state index contributed by atoms with van der Waals surface area (Å²) in [5.74, 6) is -2.25. The van der Waals surface area contributed by atoms with Crippen molar-refractivity contribution in [1.29, 1.82) is 0 Å². The van der Waals surface area contributed by atoms with E-state index in [-0.39, 0.29) is 11.6 Å². The second kappa shape index (κ2) is 6.96. The SMILES string of the molecule is Cn1ccnc(N2CCCC(NC(=O)c3ncc(F)cc3F)C2)c1=O. The van der Waals surface area contributed by atoms with Gasteiger partial charge in [-0.3, -0.25) is 9.59 Å². The number of hydrogen-bond donors (Lipinski definition) is 1. The largest absolute Gasteiger partial charge is 0.350 e. The standard InChI is InChI=1S/C16H17F2N5O2/c1-22-6-4-19-14(16(22)25)23-5-2-3-11(9-23)21-15(24)13-12(18)7-10(17)8-20-13/h4,6-8,11H,2-3,5,9H2,1H3,(H,21,24). The summed E-state index contributed by atoms with van der Waals surface area (Å²) >= 11 is 0. The van der Waals surface area contributed by atoms with Gasteiger partial charge in [0, 0.05) is 44.6 Å². The van der Waals surface area contributed by atoms with Gasteiger partial charge in [0.25, 0.3) is 11.5 Å². The molecule has 0 spiro atoms. The van der Waals surface area contributed by atoms with Crippen LogP contribution in [0.25, 0.3) is 0 Å². The van der Waals surface area contributed by atoms with Crippen LogP contribution in [0.15, 0.2) is 29.5 Å². The number of aryl methyl sites for hydroxylation is 1. The first-order chi connectivity index (χ1) is 12.0. The predicted molar refractivity (Wildman–Crippen MR) is 86.3 cm³/mol. The zero-order chi connectivity index (χ0) is 18.0. The van der Waals surface area contributed by atoms with Crippen molar-refractivity contribution in [2.45, 2.75) is 18.9 Å². The van der Waals surface area contributed by atoms with Gasteiger partial charge in [0.15, 0.2) is 17.3 Å². The van der Waals surface area contributed by atoms with Crippen molar-refractivity contribution in [2.75, 3.05) is 18.0 Å². The number of carbonyl (C=O) groups excluding carboxylic acids is 1. The lowest BCUT2D eigenvalue weighted by molar-refractivity contribution is 0.0923. The first kappa shape index (κ1) is 17.0. The van der Waals surface area contributed by atoms with E-state index in [2.05, 4.69) is 15.3 Å². The second-order valence-corrected chi connectivity index (χ2v) is 5.91. The number of pyridine rings is 1. The van der Waals surface area contributed by atoms with Crippen LogP contribution in [0.2, 0.25) is 0 Å². The molecular formula is C16H17F2N5O2. The molecule has 2 aromatic rings. The van der Waals surface area contributed by atoms with Crippen LogP contribution in [0.1, 0.15) is 23.3 Å². The molecule has 2 aromatic heterocycles. The number of nitrogens with zero attached hydrogens (tertiary/aromatic N) is 4. The van der Waals surface area contributed by atoms with E-state index in [9.17, 15) is 18.4 Å². The lowest BCUT2D eigenvalue weighted by atomic mass is 10.1. The van der Waals surface area contributed by atoms with Crippen LogP contribution in [0.3, 0.4) is 0 Å². The molecular weight excluding hydrogens is 332 g/mol. The summed E-state index contributed by atoms with van der Waals surface area (Å²) in [5.41, 5.74) is -0.673. The van der Waals surface area contributed by atoms with Gasteiger partial charge in [-0.2, -0.15) is 0 Å². The molecule has 3 heterocycles. The van der Waals surface area contributed by atoms with Crippen molar-refractivity contribution < 1.29 is 13.6 Å². The molecule has 1 fully saturated rings. The van der Waals surface area contributed by atoms with Gasteiger partial charge in [-0.05, 0) is 12.8 Å². The first-order valence-electron chi connectivity index (χ1n) is 7.84. The smallest absolute Gasteiger partial charge is 0.293 e. The third-order valence-electron chi connectivity index (χ3n) is 4.08. The van der Waals surface area contributed by atoms with Crippen molar-refractivity contribution in [3.63, 3.8) is 0 Å². The van der Waals surface area contributed by atoms with Crippen LogP contribution in [0.4, 0.5) is 14.6 Å². The molecule has 1 N–H and O–H groups in total. The minimum atomic E-state index is -1.01. The normalized spacial score (nSPS) is 17.4. The van der Waals surface area contributed by atoms with E-state index < -0.39 is 23.2 Å². The Morgan fingerprint density at radius 2 is 2.16 bits per heavy atom. The number of amides is 1. The fraction of sp³-hybridized carbons (Fsp3) is 0.375. The third kappa shape index (κ3) is 3.65. The summed E-state index contributed by atoms with van der Waals surface area (Å²) in [7, 11) is 1.64. The molecule has 0 aliphatic carbocycles. The summed E-state index contributed by atoms with van der Waals surface area (Å²) in [6, 6.07) is 0.325. The van der Waals surface area contributed by atoms with E-state index in [0.29, 0.717) is 31.4 Å². The van der Waals surface area contributed by atoms with Crippen LogP contribution in [0.5, 0.6) is 0 Å². The lowest BCUT2D eigenvalue weighted by Gasteiger charge is -2.33. The maximum Gasteiger partial charge on any atom is 0.293 e. The summed E-state index contributed by atoms with van der Waals surface area (Å²) in [4.78, 5) is 33.8. The highest BCUT2D eigenvalue weighted by atomic mass is 19.1. The molecule has 25 heavy (non-hydrogen) atoms. The van der Waals surface area contributed by atoms with E-state index in [1.165, 1.54) is 10.8 Å². The maximum absolute atomic E-state index is 13.7. The molecule has 3 rings (SSSR count). The third-order valence-corrected chi connectivity index (χ3v) is 4.08. The summed E-state index contributed by atoms with van der Waals surface area (Å²) in [6.07, 6.45) is 5.32. The summed E-state index contributed by atoms with van der Waals surface area (Å²) in [6.45, 7) is 1.02. The maximum atomic E-state index is 13.7. The van der Waals surface area contributed by atoms with E-state index >= 15 is 0 Å². The zero-order valence-electron chi connectivity index (χ0n) is 13.6. The number of piperidine rings is 1. The molecule has 1 aliphatic rings. The van der Waals surface area contributed by atoms with E-state index in [1.807, 2.05) is 0 Å². The van der Waals surface area contributed by atoms with Gasteiger partial charge in [0.1, 0.15) is 5.82 Å². The molecule has 0 saturated carbocycles. The molecule has 7 nitrogen and oxygen atoms in total. The van der Waals surface area contributed by atoms with Crippen molar-refractivity contribution in [3.05, 3.63) is 52.3 Å². The zero-order valence-corrected chi connectivity index (χ0v) is 13.6. The molecule has 132 valence electrons.